The summed E-state index contributed by atoms with van der Waals surface area (Å²) >= 11 is 0. The molecule has 2 N–H and O–H groups in total. The molecule has 0 aliphatic carbocycles. The molecule has 0 unspecified atom stereocenters. The molecule has 0 amide bonds. The van der Waals surface area contributed by atoms with Crippen molar-refractivity contribution >= 4 is 23.9 Å². The van der Waals surface area contributed by atoms with E-state index in [1.165, 1.54) is 0 Å². The molecule has 10 nitrogen and oxygen atoms in total. The Morgan fingerprint density at radius 2 is 1.00 bits per heavy atom. The molecule has 38 heavy (non-hydrogen) atoms. The average Bonchev–Trinajstić information content (AvgIpc) is 2.96. The van der Waals surface area contributed by atoms with Crippen molar-refractivity contribution in [2.45, 2.75) is 63.2 Å². The zero-order valence-corrected chi connectivity index (χ0v) is 21.0. The van der Waals surface area contributed by atoms with Gasteiger partial charge in [0.15, 0.2) is 0 Å². The van der Waals surface area contributed by atoms with E-state index < -0.39 is 36.0 Å². The second-order valence-electron chi connectivity index (χ2n) is 9.33. The number of carbonyl (C=O) groups excluding carboxylic acids is 4. The number of ether oxygens (including phenoxy) is 4. The van der Waals surface area contributed by atoms with Gasteiger partial charge in [0.25, 0.3) is 0 Å². The molecule has 10 heteroatoms. The van der Waals surface area contributed by atoms with Crippen molar-refractivity contribution in [1.82, 2.24) is 10.6 Å². The third-order valence-electron chi connectivity index (χ3n) is 6.52. The summed E-state index contributed by atoms with van der Waals surface area (Å²) in [6.07, 6.45) is 1.73. The third-order valence-corrected chi connectivity index (χ3v) is 6.52. The molecule has 202 valence electrons. The fourth-order valence-corrected chi connectivity index (χ4v) is 4.33. The van der Waals surface area contributed by atoms with E-state index in [0.717, 1.165) is 11.1 Å². The average molecular weight is 525 g/mol. The van der Waals surface area contributed by atoms with Gasteiger partial charge in [-0.1, -0.05) is 60.7 Å². The van der Waals surface area contributed by atoms with Crippen LogP contribution in [-0.4, -0.2) is 61.3 Å². The molecule has 2 aromatic rings. The molecule has 2 aliphatic heterocycles. The Bertz CT molecular complexity index is 991. The van der Waals surface area contributed by atoms with Crippen LogP contribution in [-0.2, 0) is 51.3 Å². The molecule has 4 rings (SSSR count). The number of carbonyl (C=O) groups is 4. The smallest absolute Gasteiger partial charge is 0.383 e. The lowest BCUT2D eigenvalue weighted by molar-refractivity contribution is -0.179. The molecule has 2 fully saturated rings. The molecule has 0 saturated carbocycles. The van der Waals surface area contributed by atoms with Gasteiger partial charge < -0.3 is 29.6 Å². The monoisotopic (exact) mass is 524 g/mol. The van der Waals surface area contributed by atoms with Crippen molar-refractivity contribution in [3.05, 3.63) is 71.8 Å². The SMILES string of the molecule is O=C(OC(=O)[C@@H]1CC[C@@H](OCc2ccccc2)CN1)C(=O)OC(=O)[C@@H]1CC[C@@H](OCc2ccccc2)CN1. The van der Waals surface area contributed by atoms with Crippen molar-refractivity contribution in [3.63, 3.8) is 0 Å². The van der Waals surface area contributed by atoms with Gasteiger partial charge in [-0.3, -0.25) is 0 Å². The Labute approximate surface area is 221 Å². The topological polar surface area (TPSA) is 129 Å². The van der Waals surface area contributed by atoms with Gasteiger partial charge in [-0.15, -0.1) is 0 Å². The Morgan fingerprint density at radius 3 is 1.34 bits per heavy atom. The summed E-state index contributed by atoms with van der Waals surface area (Å²) in [5.74, 6) is -4.83. The van der Waals surface area contributed by atoms with Gasteiger partial charge in [0, 0.05) is 13.1 Å². The van der Waals surface area contributed by atoms with Crippen LogP contribution in [0.4, 0.5) is 0 Å². The van der Waals surface area contributed by atoms with Crippen molar-refractivity contribution in [2.24, 2.45) is 0 Å². The van der Waals surface area contributed by atoms with Crippen LogP contribution in [0.5, 0.6) is 0 Å². The van der Waals surface area contributed by atoms with Gasteiger partial charge in [0.05, 0.1) is 25.4 Å². The summed E-state index contributed by atoms with van der Waals surface area (Å²) in [5, 5.41) is 5.95. The van der Waals surface area contributed by atoms with Gasteiger partial charge in [-0.05, 0) is 36.8 Å². The zero-order chi connectivity index (χ0) is 26.7. The van der Waals surface area contributed by atoms with Gasteiger partial charge in [-0.2, -0.15) is 0 Å². The Hall–Kier alpha value is -3.44. The van der Waals surface area contributed by atoms with Gasteiger partial charge in [0.1, 0.15) is 12.1 Å². The van der Waals surface area contributed by atoms with E-state index in [9.17, 15) is 19.2 Å². The van der Waals surface area contributed by atoms with E-state index in [1.807, 2.05) is 60.7 Å². The maximum Gasteiger partial charge on any atom is 0.425 e. The number of rotatable bonds is 8. The van der Waals surface area contributed by atoms with E-state index in [1.54, 1.807) is 0 Å². The maximum atomic E-state index is 12.3. The minimum atomic E-state index is -1.52. The van der Waals surface area contributed by atoms with Crippen LogP contribution in [0.25, 0.3) is 0 Å². The van der Waals surface area contributed by atoms with Crippen LogP contribution in [0.2, 0.25) is 0 Å². The second-order valence-corrected chi connectivity index (χ2v) is 9.33. The highest BCUT2D eigenvalue weighted by Gasteiger charge is 2.34. The summed E-state index contributed by atoms with van der Waals surface area (Å²) in [4.78, 5) is 48.7. The van der Waals surface area contributed by atoms with Gasteiger partial charge >= 0.3 is 23.9 Å². The number of hydrogen-bond acceptors (Lipinski definition) is 10. The summed E-state index contributed by atoms with van der Waals surface area (Å²) in [5.41, 5.74) is 2.10. The summed E-state index contributed by atoms with van der Waals surface area (Å²) in [6.45, 7) is 1.70. The predicted molar refractivity (Wildman–Crippen MR) is 134 cm³/mol. The Morgan fingerprint density at radius 1 is 0.605 bits per heavy atom. The molecule has 0 radical (unpaired) electrons. The third kappa shape index (κ3) is 8.29. The number of nitrogens with one attached hydrogen (secondary N) is 2. The Balaban J connectivity index is 1.11. The fourth-order valence-electron chi connectivity index (χ4n) is 4.33. The minimum absolute atomic E-state index is 0.0936. The van der Waals surface area contributed by atoms with Crippen LogP contribution in [0.1, 0.15) is 36.8 Å². The highest BCUT2D eigenvalue weighted by molar-refractivity contribution is 6.33. The first-order valence-corrected chi connectivity index (χ1v) is 12.8. The van der Waals surface area contributed by atoms with E-state index in [2.05, 4.69) is 20.1 Å². The molecule has 2 aromatic carbocycles. The van der Waals surface area contributed by atoms with Crippen molar-refractivity contribution in [2.75, 3.05) is 13.1 Å². The van der Waals surface area contributed by atoms with Crippen LogP contribution < -0.4 is 10.6 Å². The van der Waals surface area contributed by atoms with Gasteiger partial charge in [-0.25, -0.2) is 19.2 Å². The number of benzene rings is 2. The molecule has 2 aliphatic rings. The predicted octanol–water partition coefficient (Wildman–Crippen LogP) is 1.80. The summed E-state index contributed by atoms with van der Waals surface area (Å²) in [6, 6.07) is 18.0. The summed E-state index contributed by atoms with van der Waals surface area (Å²) in [7, 11) is 0. The molecular formula is C28H32N2O8. The highest BCUT2D eigenvalue weighted by Crippen LogP contribution is 2.16. The molecule has 2 heterocycles. The lowest BCUT2D eigenvalue weighted by Crippen LogP contribution is -2.49. The zero-order valence-electron chi connectivity index (χ0n) is 21.0. The van der Waals surface area contributed by atoms with E-state index in [0.29, 0.717) is 52.0 Å². The van der Waals surface area contributed by atoms with Crippen LogP contribution >= 0.6 is 0 Å². The normalized spacial score (nSPS) is 23.3. The standard InChI is InChI=1S/C28H32N2O8/c31-25(23-13-11-21(15-29-23)35-17-19-7-3-1-4-8-19)37-27(33)28(34)38-26(32)24-14-12-22(16-30-24)36-18-20-9-5-2-6-10-20/h1-10,21-24,29-30H,11-18H2/t21-,22-,23+,24+/m1/s1. The molecule has 2 saturated heterocycles. The lowest BCUT2D eigenvalue weighted by Gasteiger charge is -2.28. The molecule has 0 aromatic heterocycles. The van der Waals surface area contributed by atoms with Crippen LogP contribution in [0.3, 0.4) is 0 Å². The molecule has 0 spiro atoms. The fraction of sp³-hybridized carbons (Fsp3) is 0.429. The van der Waals surface area contributed by atoms with Crippen molar-refractivity contribution in [1.29, 1.82) is 0 Å². The van der Waals surface area contributed by atoms with Crippen molar-refractivity contribution in [3.8, 4) is 0 Å². The van der Waals surface area contributed by atoms with E-state index in [4.69, 9.17) is 9.47 Å². The first kappa shape index (κ1) is 27.6. The van der Waals surface area contributed by atoms with Crippen LogP contribution in [0, 0.1) is 0 Å². The number of piperidine rings is 2. The Kier molecular flexibility index (Phi) is 10.1. The first-order valence-electron chi connectivity index (χ1n) is 12.8. The quantitative estimate of drug-likeness (QED) is 0.300. The highest BCUT2D eigenvalue weighted by atomic mass is 16.6. The largest absolute Gasteiger partial charge is 0.425 e. The molecular weight excluding hydrogens is 492 g/mol. The van der Waals surface area contributed by atoms with E-state index in [-0.39, 0.29) is 12.2 Å². The van der Waals surface area contributed by atoms with Crippen LogP contribution in [0.15, 0.2) is 60.7 Å². The van der Waals surface area contributed by atoms with Gasteiger partial charge in [0.2, 0.25) is 0 Å². The number of esters is 4. The second kappa shape index (κ2) is 13.9. The maximum absolute atomic E-state index is 12.3. The first-order chi connectivity index (χ1) is 18.5. The summed E-state index contributed by atoms with van der Waals surface area (Å²) < 4.78 is 21.0. The minimum Gasteiger partial charge on any atom is -0.383 e. The number of hydrogen-bond donors (Lipinski definition) is 2. The lowest BCUT2D eigenvalue weighted by atomic mass is 10.0. The van der Waals surface area contributed by atoms with E-state index >= 15 is 0 Å². The molecule has 0 bridgehead atoms. The van der Waals surface area contributed by atoms with Crippen molar-refractivity contribution < 1.29 is 38.1 Å². The molecule has 4 atom stereocenters.